The molecular formula is C17H25NO. The van der Waals surface area contributed by atoms with Crippen LogP contribution in [0.4, 0.5) is 0 Å². The number of nitrogens with one attached hydrogen (secondary N) is 1. The summed E-state index contributed by atoms with van der Waals surface area (Å²) >= 11 is 0. The van der Waals surface area contributed by atoms with Gasteiger partial charge in [-0.2, -0.15) is 0 Å². The maximum Gasteiger partial charge on any atom is 0.0811 e. The fraction of sp³-hybridized carbons (Fsp3) is 0.647. The summed E-state index contributed by atoms with van der Waals surface area (Å²) in [7, 11) is 0. The summed E-state index contributed by atoms with van der Waals surface area (Å²) in [5, 5.41) is 3.62. The van der Waals surface area contributed by atoms with E-state index in [1.54, 1.807) is 0 Å². The van der Waals surface area contributed by atoms with Crippen LogP contribution in [0, 0.1) is 0 Å². The summed E-state index contributed by atoms with van der Waals surface area (Å²) in [4.78, 5) is 0. The molecule has 1 spiro atoms. The van der Waals surface area contributed by atoms with E-state index >= 15 is 0 Å². The van der Waals surface area contributed by atoms with Crippen LogP contribution in [0.5, 0.6) is 0 Å². The molecule has 0 radical (unpaired) electrons. The SMILES string of the molecule is CC1NCC2(CCC(c3ccccc3)CC2)OC1C. The smallest absolute Gasteiger partial charge is 0.0811 e. The van der Waals surface area contributed by atoms with Gasteiger partial charge >= 0.3 is 0 Å². The van der Waals surface area contributed by atoms with Crippen molar-refractivity contribution >= 4 is 0 Å². The predicted octanol–water partition coefficient (Wildman–Crippen LogP) is 3.48. The predicted molar refractivity (Wildman–Crippen MR) is 78.4 cm³/mol. The van der Waals surface area contributed by atoms with Crippen molar-refractivity contribution in [3.8, 4) is 0 Å². The van der Waals surface area contributed by atoms with Gasteiger partial charge in [-0.3, -0.25) is 0 Å². The Bertz CT molecular complexity index is 409. The fourth-order valence-electron chi connectivity index (χ4n) is 3.55. The maximum absolute atomic E-state index is 6.35. The van der Waals surface area contributed by atoms with Gasteiger partial charge in [0, 0.05) is 12.6 Å². The molecule has 104 valence electrons. The molecule has 1 aromatic rings. The first kappa shape index (κ1) is 13.1. The molecule has 2 nitrogen and oxygen atoms in total. The Morgan fingerprint density at radius 2 is 1.79 bits per heavy atom. The third-order valence-electron chi connectivity index (χ3n) is 5.05. The zero-order valence-corrected chi connectivity index (χ0v) is 12.1. The number of ether oxygens (including phenoxy) is 1. The molecule has 2 aliphatic rings. The molecule has 1 N–H and O–H groups in total. The van der Waals surface area contributed by atoms with Gasteiger partial charge in [0.2, 0.25) is 0 Å². The topological polar surface area (TPSA) is 21.3 Å². The van der Waals surface area contributed by atoms with E-state index in [2.05, 4.69) is 49.5 Å². The maximum atomic E-state index is 6.35. The van der Waals surface area contributed by atoms with Crippen LogP contribution >= 0.6 is 0 Å². The van der Waals surface area contributed by atoms with Crippen molar-refractivity contribution in [3.63, 3.8) is 0 Å². The minimum Gasteiger partial charge on any atom is -0.369 e. The van der Waals surface area contributed by atoms with Gasteiger partial charge in [0.05, 0.1) is 11.7 Å². The average Bonchev–Trinajstić information content (AvgIpc) is 2.45. The zero-order valence-electron chi connectivity index (χ0n) is 12.1. The molecule has 1 saturated heterocycles. The second kappa shape index (κ2) is 5.26. The number of hydrogen-bond donors (Lipinski definition) is 1. The Kier molecular flexibility index (Phi) is 3.64. The van der Waals surface area contributed by atoms with Crippen molar-refractivity contribution in [2.24, 2.45) is 0 Å². The molecule has 1 aromatic carbocycles. The number of rotatable bonds is 1. The zero-order chi connectivity index (χ0) is 13.3. The highest BCUT2D eigenvalue weighted by Crippen LogP contribution is 2.41. The van der Waals surface area contributed by atoms with E-state index in [-0.39, 0.29) is 5.60 Å². The normalized spacial score (nSPS) is 39.4. The monoisotopic (exact) mass is 259 g/mol. The first-order chi connectivity index (χ1) is 9.19. The molecule has 3 rings (SSSR count). The Labute approximate surface area is 116 Å². The van der Waals surface area contributed by atoms with E-state index in [4.69, 9.17) is 4.74 Å². The van der Waals surface area contributed by atoms with E-state index in [1.165, 1.54) is 31.2 Å². The van der Waals surface area contributed by atoms with Gasteiger partial charge in [-0.05, 0) is 51.0 Å². The lowest BCUT2D eigenvalue weighted by molar-refractivity contribution is -0.143. The van der Waals surface area contributed by atoms with Gasteiger partial charge < -0.3 is 10.1 Å². The van der Waals surface area contributed by atoms with Crippen molar-refractivity contribution in [1.29, 1.82) is 0 Å². The third-order valence-corrected chi connectivity index (χ3v) is 5.05. The molecule has 1 saturated carbocycles. The Balaban J connectivity index is 1.63. The summed E-state index contributed by atoms with van der Waals surface area (Å²) in [6.45, 7) is 5.44. The quantitative estimate of drug-likeness (QED) is 0.833. The standard InChI is InChI=1S/C17H25NO/c1-13-14(2)19-17(12-18-13)10-8-16(9-11-17)15-6-4-3-5-7-15/h3-7,13-14,16,18H,8-12H2,1-2H3. The van der Waals surface area contributed by atoms with Crippen molar-refractivity contribution < 1.29 is 4.74 Å². The molecule has 2 unspecified atom stereocenters. The van der Waals surface area contributed by atoms with E-state index < -0.39 is 0 Å². The van der Waals surface area contributed by atoms with Gasteiger partial charge in [0.25, 0.3) is 0 Å². The number of hydrogen-bond acceptors (Lipinski definition) is 2. The Morgan fingerprint density at radius 3 is 2.42 bits per heavy atom. The van der Waals surface area contributed by atoms with Crippen LogP contribution in [-0.4, -0.2) is 24.3 Å². The molecule has 2 atom stereocenters. The van der Waals surface area contributed by atoms with E-state index in [9.17, 15) is 0 Å². The van der Waals surface area contributed by atoms with Crippen molar-refractivity contribution in [1.82, 2.24) is 5.32 Å². The van der Waals surface area contributed by atoms with Crippen LogP contribution in [-0.2, 0) is 4.74 Å². The van der Waals surface area contributed by atoms with Crippen LogP contribution in [0.2, 0.25) is 0 Å². The largest absolute Gasteiger partial charge is 0.369 e. The fourth-order valence-corrected chi connectivity index (χ4v) is 3.55. The second-order valence-corrected chi connectivity index (χ2v) is 6.36. The van der Waals surface area contributed by atoms with Crippen molar-refractivity contribution in [2.75, 3.05) is 6.54 Å². The molecule has 19 heavy (non-hydrogen) atoms. The summed E-state index contributed by atoms with van der Waals surface area (Å²) in [6, 6.07) is 11.4. The molecule has 2 fully saturated rings. The van der Waals surface area contributed by atoms with Crippen LogP contribution in [0.3, 0.4) is 0 Å². The highest BCUT2D eigenvalue weighted by atomic mass is 16.5. The number of morpholine rings is 1. The molecule has 1 aliphatic heterocycles. The first-order valence-corrected chi connectivity index (χ1v) is 7.65. The van der Waals surface area contributed by atoms with Crippen molar-refractivity contribution in [3.05, 3.63) is 35.9 Å². The Morgan fingerprint density at radius 1 is 1.11 bits per heavy atom. The third kappa shape index (κ3) is 2.70. The van der Waals surface area contributed by atoms with Gasteiger partial charge in [-0.15, -0.1) is 0 Å². The highest BCUT2D eigenvalue weighted by Gasteiger charge is 2.41. The van der Waals surface area contributed by atoms with Crippen molar-refractivity contribution in [2.45, 2.75) is 63.2 Å². The summed E-state index contributed by atoms with van der Waals surface area (Å²) in [6.07, 6.45) is 5.23. The lowest BCUT2D eigenvalue weighted by Gasteiger charge is -2.47. The number of benzene rings is 1. The lowest BCUT2D eigenvalue weighted by Crippen LogP contribution is -2.58. The Hall–Kier alpha value is -0.860. The summed E-state index contributed by atoms with van der Waals surface area (Å²) in [5.41, 5.74) is 1.61. The van der Waals surface area contributed by atoms with Crippen LogP contribution < -0.4 is 5.32 Å². The molecule has 0 amide bonds. The van der Waals surface area contributed by atoms with Crippen LogP contribution in [0.15, 0.2) is 30.3 Å². The summed E-state index contributed by atoms with van der Waals surface area (Å²) in [5.74, 6) is 0.727. The van der Waals surface area contributed by atoms with Gasteiger partial charge in [0.15, 0.2) is 0 Å². The van der Waals surface area contributed by atoms with E-state index in [0.29, 0.717) is 12.1 Å². The molecular weight excluding hydrogens is 234 g/mol. The second-order valence-electron chi connectivity index (χ2n) is 6.36. The van der Waals surface area contributed by atoms with E-state index in [0.717, 1.165) is 12.5 Å². The average molecular weight is 259 g/mol. The van der Waals surface area contributed by atoms with Crippen LogP contribution in [0.25, 0.3) is 0 Å². The molecule has 0 aromatic heterocycles. The molecule has 0 bridgehead atoms. The molecule has 1 aliphatic carbocycles. The lowest BCUT2D eigenvalue weighted by atomic mass is 9.75. The highest BCUT2D eigenvalue weighted by molar-refractivity contribution is 5.20. The first-order valence-electron chi connectivity index (χ1n) is 7.65. The minimum absolute atomic E-state index is 0.108. The molecule has 2 heteroatoms. The van der Waals surface area contributed by atoms with E-state index in [1.807, 2.05) is 0 Å². The van der Waals surface area contributed by atoms with Gasteiger partial charge in [0.1, 0.15) is 0 Å². The summed E-state index contributed by atoms with van der Waals surface area (Å²) < 4.78 is 6.35. The van der Waals surface area contributed by atoms with Gasteiger partial charge in [-0.1, -0.05) is 30.3 Å². The van der Waals surface area contributed by atoms with Crippen LogP contribution in [0.1, 0.15) is 51.0 Å². The van der Waals surface area contributed by atoms with Gasteiger partial charge in [-0.25, -0.2) is 0 Å². The minimum atomic E-state index is 0.108. The molecule has 1 heterocycles.